The number of anilines is 2. The summed E-state index contributed by atoms with van der Waals surface area (Å²) in [6.07, 6.45) is 3.31. The standard InChI is InChI=1S/C14H11ClN4.ClH/c1-9-5-13-12(7-16-9)14(18-8-17-13)19-11-4-2-3-10(15)6-11;/h2-8H,1H3,(H,17,18,19);1H. The number of halogens is 2. The number of nitrogens with zero attached hydrogens (tertiary/aromatic N) is 3. The first-order valence-electron chi connectivity index (χ1n) is 5.82. The van der Waals surface area contributed by atoms with Gasteiger partial charge in [-0.2, -0.15) is 0 Å². The van der Waals surface area contributed by atoms with Crippen LogP contribution in [0.4, 0.5) is 11.5 Å². The third-order valence-corrected chi connectivity index (χ3v) is 2.98. The number of fused-ring (bicyclic) bond motifs is 1. The number of aryl methyl sites for hydroxylation is 1. The highest BCUT2D eigenvalue weighted by Crippen LogP contribution is 2.24. The van der Waals surface area contributed by atoms with Crippen molar-refractivity contribution in [2.24, 2.45) is 0 Å². The van der Waals surface area contributed by atoms with Gasteiger partial charge in [0.1, 0.15) is 12.1 Å². The van der Waals surface area contributed by atoms with Gasteiger partial charge in [-0.05, 0) is 31.2 Å². The van der Waals surface area contributed by atoms with Crippen molar-refractivity contribution in [3.8, 4) is 0 Å². The van der Waals surface area contributed by atoms with Crippen LogP contribution >= 0.6 is 24.0 Å². The van der Waals surface area contributed by atoms with E-state index < -0.39 is 0 Å². The van der Waals surface area contributed by atoms with Gasteiger partial charge in [-0.25, -0.2) is 9.97 Å². The number of benzene rings is 1. The van der Waals surface area contributed by atoms with Crippen LogP contribution in [0.15, 0.2) is 42.9 Å². The number of nitrogens with one attached hydrogen (secondary N) is 1. The zero-order valence-electron chi connectivity index (χ0n) is 10.7. The molecule has 1 aromatic carbocycles. The Morgan fingerprint density at radius 2 is 1.95 bits per heavy atom. The van der Waals surface area contributed by atoms with Crippen molar-refractivity contribution in [3.63, 3.8) is 0 Å². The minimum Gasteiger partial charge on any atom is -0.340 e. The van der Waals surface area contributed by atoms with Crippen LogP contribution in [-0.4, -0.2) is 15.0 Å². The Kier molecular flexibility index (Phi) is 4.37. The van der Waals surface area contributed by atoms with E-state index in [9.17, 15) is 0 Å². The molecule has 6 heteroatoms. The molecule has 0 unspecified atom stereocenters. The molecule has 2 heterocycles. The number of aromatic nitrogens is 3. The lowest BCUT2D eigenvalue weighted by Crippen LogP contribution is -1.96. The van der Waals surface area contributed by atoms with Crippen molar-refractivity contribution in [1.82, 2.24) is 15.0 Å². The number of pyridine rings is 1. The van der Waals surface area contributed by atoms with Gasteiger partial charge in [0.25, 0.3) is 0 Å². The third kappa shape index (κ3) is 2.98. The zero-order valence-corrected chi connectivity index (χ0v) is 12.2. The zero-order chi connectivity index (χ0) is 13.2. The summed E-state index contributed by atoms with van der Waals surface area (Å²) in [5, 5.41) is 4.79. The van der Waals surface area contributed by atoms with Gasteiger partial charge in [-0.15, -0.1) is 12.4 Å². The predicted octanol–water partition coefficient (Wildman–Crippen LogP) is 4.15. The second-order valence-corrected chi connectivity index (χ2v) is 4.64. The van der Waals surface area contributed by atoms with E-state index in [0.717, 1.165) is 28.1 Å². The Morgan fingerprint density at radius 3 is 2.75 bits per heavy atom. The van der Waals surface area contributed by atoms with Crippen LogP contribution in [-0.2, 0) is 0 Å². The molecule has 2 aromatic heterocycles. The van der Waals surface area contributed by atoms with Crippen LogP contribution in [0.5, 0.6) is 0 Å². The van der Waals surface area contributed by atoms with Gasteiger partial charge >= 0.3 is 0 Å². The summed E-state index contributed by atoms with van der Waals surface area (Å²) >= 11 is 5.96. The minimum atomic E-state index is 0. The summed E-state index contributed by atoms with van der Waals surface area (Å²) in [7, 11) is 0. The Labute approximate surface area is 127 Å². The van der Waals surface area contributed by atoms with Crippen LogP contribution in [0, 0.1) is 6.92 Å². The molecule has 0 bridgehead atoms. The fourth-order valence-corrected chi connectivity index (χ4v) is 2.05. The average molecular weight is 307 g/mol. The first-order valence-corrected chi connectivity index (χ1v) is 6.20. The summed E-state index contributed by atoms with van der Waals surface area (Å²) in [5.41, 5.74) is 2.68. The first-order chi connectivity index (χ1) is 9.22. The smallest absolute Gasteiger partial charge is 0.143 e. The summed E-state index contributed by atoms with van der Waals surface area (Å²) in [6, 6.07) is 9.42. The Morgan fingerprint density at radius 1 is 1.10 bits per heavy atom. The highest BCUT2D eigenvalue weighted by atomic mass is 35.5. The summed E-state index contributed by atoms with van der Waals surface area (Å²) < 4.78 is 0. The van der Waals surface area contributed by atoms with Crippen molar-refractivity contribution in [3.05, 3.63) is 53.6 Å². The second kappa shape index (κ2) is 6.03. The molecular weight excluding hydrogens is 295 g/mol. The Bertz CT molecular complexity index is 746. The van der Waals surface area contributed by atoms with Gasteiger partial charge in [-0.1, -0.05) is 17.7 Å². The molecule has 3 aromatic rings. The van der Waals surface area contributed by atoms with E-state index in [1.165, 1.54) is 6.33 Å². The maximum Gasteiger partial charge on any atom is 0.143 e. The maximum absolute atomic E-state index is 5.96. The van der Waals surface area contributed by atoms with E-state index in [-0.39, 0.29) is 12.4 Å². The number of hydrogen-bond donors (Lipinski definition) is 1. The van der Waals surface area contributed by atoms with E-state index in [1.807, 2.05) is 37.3 Å². The molecule has 0 saturated carbocycles. The second-order valence-electron chi connectivity index (χ2n) is 4.20. The van der Waals surface area contributed by atoms with Crippen LogP contribution in [0.1, 0.15) is 5.69 Å². The van der Waals surface area contributed by atoms with Crippen LogP contribution in [0.3, 0.4) is 0 Å². The summed E-state index contributed by atoms with van der Waals surface area (Å²) in [5.74, 6) is 0.722. The van der Waals surface area contributed by atoms with Gasteiger partial charge in [-0.3, -0.25) is 4.98 Å². The molecule has 4 nitrogen and oxygen atoms in total. The van der Waals surface area contributed by atoms with Crippen LogP contribution < -0.4 is 5.32 Å². The third-order valence-electron chi connectivity index (χ3n) is 2.74. The lowest BCUT2D eigenvalue weighted by molar-refractivity contribution is 1.17. The molecule has 0 aliphatic carbocycles. The largest absolute Gasteiger partial charge is 0.340 e. The quantitative estimate of drug-likeness (QED) is 0.772. The van der Waals surface area contributed by atoms with E-state index in [2.05, 4.69) is 20.3 Å². The molecule has 0 fully saturated rings. The van der Waals surface area contributed by atoms with Gasteiger partial charge in [0, 0.05) is 22.6 Å². The summed E-state index contributed by atoms with van der Waals surface area (Å²) in [4.78, 5) is 12.8. The molecule has 0 aliphatic rings. The van der Waals surface area contributed by atoms with Gasteiger partial charge in [0.2, 0.25) is 0 Å². The lowest BCUT2D eigenvalue weighted by Gasteiger charge is -2.08. The van der Waals surface area contributed by atoms with Crippen molar-refractivity contribution in [1.29, 1.82) is 0 Å². The van der Waals surface area contributed by atoms with Crippen molar-refractivity contribution >= 4 is 46.4 Å². The van der Waals surface area contributed by atoms with E-state index in [1.54, 1.807) is 6.20 Å². The molecular formula is C14H12Cl2N4. The molecule has 20 heavy (non-hydrogen) atoms. The minimum absolute atomic E-state index is 0. The SMILES string of the molecule is Cc1cc2ncnc(Nc3cccc(Cl)c3)c2cn1.Cl. The van der Waals surface area contributed by atoms with E-state index >= 15 is 0 Å². The highest BCUT2D eigenvalue weighted by Gasteiger charge is 2.05. The molecule has 0 radical (unpaired) electrons. The first kappa shape index (κ1) is 14.5. The van der Waals surface area contributed by atoms with Gasteiger partial charge < -0.3 is 5.32 Å². The molecule has 3 rings (SSSR count). The molecule has 0 amide bonds. The van der Waals surface area contributed by atoms with E-state index in [4.69, 9.17) is 11.6 Å². The normalized spacial score (nSPS) is 10.1. The predicted molar refractivity (Wildman–Crippen MR) is 84.1 cm³/mol. The van der Waals surface area contributed by atoms with Crippen molar-refractivity contribution in [2.45, 2.75) is 6.92 Å². The number of rotatable bonds is 2. The van der Waals surface area contributed by atoms with Gasteiger partial charge in [0.15, 0.2) is 0 Å². The van der Waals surface area contributed by atoms with E-state index in [0.29, 0.717) is 5.02 Å². The summed E-state index contributed by atoms with van der Waals surface area (Å²) in [6.45, 7) is 1.94. The fraction of sp³-hybridized carbons (Fsp3) is 0.0714. The maximum atomic E-state index is 5.96. The highest BCUT2D eigenvalue weighted by molar-refractivity contribution is 6.30. The molecule has 1 N–H and O–H groups in total. The molecule has 0 atom stereocenters. The molecule has 0 spiro atoms. The number of hydrogen-bond acceptors (Lipinski definition) is 4. The van der Waals surface area contributed by atoms with Crippen LogP contribution in [0.25, 0.3) is 10.9 Å². The van der Waals surface area contributed by atoms with Crippen LogP contribution in [0.2, 0.25) is 5.02 Å². The molecule has 0 aliphatic heterocycles. The van der Waals surface area contributed by atoms with Crippen molar-refractivity contribution < 1.29 is 0 Å². The molecule has 102 valence electrons. The Hall–Kier alpha value is -1.91. The van der Waals surface area contributed by atoms with Crippen molar-refractivity contribution in [2.75, 3.05) is 5.32 Å². The average Bonchev–Trinajstić information content (AvgIpc) is 2.38. The fourth-order valence-electron chi connectivity index (χ4n) is 1.86. The van der Waals surface area contributed by atoms with Gasteiger partial charge in [0.05, 0.1) is 10.9 Å². The monoisotopic (exact) mass is 306 g/mol. The topological polar surface area (TPSA) is 50.7 Å². The lowest BCUT2D eigenvalue weighted by atomic mass is 10.2. The molecule has 0 saturated heterocycles. The Balaban J connectivity index is 0.00000147.